The Balaban J connectivity index is 2.16. The predicted molar refractivity (Wildman–Crippen MR) is 91.5 cm³/mol. The van der Waals surface area contributed by atoms with Crippen LogP contribution in [-0.4, -0.2) is 29.6 Å². The van der Waals surface area contributed by atoms with E-state index in [0.29, 0.717) is 6.04 Å². The Morgan fingerprint density at radius 2 is 2.14 bits per heavy atom. The molecule has 1 N–H and O–H groups in total. The van der Waals surface area contributed by atoms with E-state index >= 15 is 0 Å². The SMILES string of the molecule is CCC(C)C1CNC(C)(CC)CN1Cc1cccc(C)c1. The van der Waals surface area contributed by atoms with Crippen molar-refractivity contribution in [2.45, 2.75) is 65.6 Å². The summed E-state index contributed by atoms with van der Waals surface area (Å²) >= 11 is 0. The van der Waals surface area contributed by atoms with Crippen LogP contribution in [0.15, 0.2) is 24.3 Å². The highest BCUT2D eigenvalue weighted by Crippen LogP contribution is 2.26. The molecule has 0 bridgehead atoms. The van der Waals surface area contributed by atoms with Gasteiger partial charge in [0.25, 0.3) is 0 Å². The van der Waals surface area contributed by atoms with Gasteiger partial charge in [-0.1, -0.05) is 57.0 Å². The highest BCUT2D eigenvalue weighted by atomic mass is 15.3. The van der Waals surface area contributed by atoms with Crippen molar-refractivity contribution in [1.29, 1.82) is 0 Å². The van der Waals surface area contributed by atoms with E-state index in [9.17, 15) is 0 Å². The molecule has 1 aliphatic heterocycles. The van der Waals surface area contributed by atoms with Crippen LogP contribution >= 0.6 is 0 Å². The summed E-state index contributed by atoms with van der Waals surface area (Å²) in [7, 11) is 0. The van der Waals surface area contributed by atoms with E-state index in [2.05, 4.69) is 69.1 Å². The fraction of sp³-hybridized carbons (Fsp3) is 0.684. The van der Waals surface area contributed by atoms with Gasteiger partial charge in [0, 0.05) is 31.2 Å². The van der Waals surface area contributed by atoms with Gasteiger partial charge in [0.2, 0.25) is 0 Å². The van der Waals surface area contributed by atoms with Gasteiger partial charge in [-0.05, 0) is 31.7 Å². The topological polar surface area (TPSA) is 15.3 Å². The maximum absolute atomic E-state index is 3.80. The number of rotatable bonds is 5. The van der Waals surface area contributed by atoms with Gasteiger partial charge in [-0.15, -0.1) is 0 Å². The minimum absolute atomic E-state index is 0.258. The van der Waals surface area contributed by atoms with Crippen LogP contribution in [0.5, 0.6) is 0 Å². The number of nitrogens with zero attached hydrogens (tertiary/aromatic N) is 1. The second-order valence-corrected chi connectivity index (χ2v) is 7.14. The molecule has 1 heterocycles. The Kier molecular flexibility index (Phi) is 5.45. The number of aryl methyl sites for hydroxylation is 1. The maximum atomic E-state index is 3.80. The zero-order valence-electron chi connectivity index (χ0n) is 14.4. The molecule has 1 fully saturated rings. The van der Waals surface area contributed by atoms with Crippen molar-refractivity contribution in [1.82, 2.24) is 10.2 Å². The van der Waals surface area contributed by atoms with Gasteiger partial charge >= 0.3 is 0 Å². The molecule has 0 spiro atoms. The summed E-state index contributed by atoms with van der Waals surface area (Å²) in [5.74, 6) is 0.740. The summed E-state index contributed by atoms with van der Waals surface area (Å²) in [6, 6.07) is 9.62. The lowest BCUT2D eigenvalue weighted by atomic mass is 9.88. The number of nitrogens with one attached hydrogen (secondary N) is 1. The first-order chi connectivity index (χ1) is 9.97. The van der Waals surface area contributed by atoms with Crippen molar-refractivity contribution in [2.24, 2.45) is 5.92 Å². The average Bonchev–Trinajstić information content (AvgIpc) is 2.47. The van der Waals surface area contributed by atoms with Crippen LogP contribution in [-0.2, 0) is 6.54 Å². The number of hydrogen-bond donors (Lipinski definition) is 1. The van der Waals surface area contributed by atoms with E-state index in [1.807, 2.05) is 0 Å². The fourth-order valence-corrected chi connectivity index (χ4v) is 3.39. The minimum atomic E-state index is 0.258. The zero-order valence-corrected chi connectivity index (χ0v) is 14.4. The van der Waals surface area contributed by atoms with E-state index < -0.39 is 0 Å². The molecular weight excluding hydrogens is 256 g/mol. The van der Waals surface area contributed by atoms with Crippen molar-refractivity contribution in [3.8, 4) is 0 Å². The third kappa shape index (κ3) is 4.08. The highest BCUT2D eigenvalue weighted by molar-refractivity contribution is 5.22. The maximum Gasteiger partial charge on any atom is 0.0278 e. The summed E-state index contributed by atoms with van der Waals surface area (Å²) in [6.07, 6.45) is 2.43. The van der Waals surface area contributed by atoms with Gasteiger partial charge in [0.1, 0.15) is 0 Å². The van der Waals surface area contributed by atoms with E-state index in [4.69, 9.17) is 0 Å². The minimum Gasteiger partial charge on any atom is -0.309 e. The predicted octanol–water partition coefficient (Wildman–Crippen LogP) is 3.98. The lowest BCUT2D eigenvalue weighted by Gasteiger charge is -2.48. The molecule has 3 unspecified atom stereocenters. The van der Waals surface area contributed by atoms with Crippen LogP contribution in [0.25, 0.3) is 0 Å². The van der Waals surface area contributed by atoms with Crippen LogP contribution < -0.4 is 5.32 Å². The molecule has 3 atom stereocenters. The number of hydrogen-bond acceptors (Lipinski definition) is 2. The Morgan fingerprint density at radius 3 is 2.76 bits per heavy atom. The number of piperazine rings is 1. The van der Waals surface area contributed by atoms with Gasteiger partial charge < -0.3 is 5.32 Å². The van der Waals surface area contributed by atoms with Gasteiger partial charge in [0.15, 0.2) is 0 Å². The molecule has 21 heavy (non-hydrogen) atoms. The van der Waals surface area contributed by atoms with E-state index in [1.165, 1.54) is 24.0 Å². The van der Waals surface area contributed by atoms with Crippen molar-refractivity contribution >= 4 is 0 Å². The van der Waals surface area contributed by atoms with Crippen molar-refractivity contribution < 1.29 is 0 Å². The summed E-state index contributed by atoms with van der Waals surface area (Å²) in [4.78, 5) is 2.71. The highest BCUT2D eigenvalue weighted by Gasteiger charge is 2.36. The van der Waals surface area contributed by atoms with Gasteiger partial charge in [0.05, 0.1) is 0 Å². The molecule has 0 aromatic heterocycles. The van der Waals surface area contributed by atoms with Crippen molar-refractivity contribution in [2.75, 3.05) is 13.1 Å². The fourth-order valence-electron chi connectivity index (χ4n) is 3.39. The Morgan fingerprint density at radius 1 is 1.38 bits per heavy atom. The molecule has 1 aliphatic rings. The van der Waals surface area contributed by atoms with E-state index in [0.717, 1.165) is 25.6 Å². The lowest BCUT2D eigenvalue weighted by Crippen LogP contribution is -2.63. The number of benzene rings is 1. The van der Waals surface area contributed by atoms with Crippen LogP contribution in [0.2, 0.25) is 0 Å². The molecule has 0 radical (unpaired) electrons. The molecule has 0 aliphatic carbocycles. The van der Waals surface area contributed by atoms with Gasteiger partial charge in [-0.25, -0.2) is 0 Å². The van der Waals surface area contributed by atoms with Crippen molar-refractivity contribution in [3.63, 3.8) is 0 Å². The molecule has 2 rings (SSSR count). The average molecular weight is 288 g/mol. The second kappa shape index (κ2) is 6.93. The third-order valence-electron chi connectivity index (χ3n) is 5.31. The molecule has 2 heteroatoms. The smallest absolute Gasteiger partial charge is 0.0278 e. The Labute approximate surface area is 130 Å². The van der Waals surface area contributed by atoms with Crippen molar-refractivity contribution in [3.05, 3.63) is 35.4 Å². The van der Waals surface area contributed by atoms with Crippen LogP contribution in [0.3, 0.4) is 0 Å². The third-order valence-corrected chi connectivity index (χ3v) is 5.31. The van der Waals surface area contributed by atoms with Crippen LogP contribution in [0, 0.1) is 12.8 Å². The Bertz CT molecular complexity index is 457. The molecule has 0 amide bonds. The standard InChI is InChI=1S/C19H32N2/c1-6-16(4)18-12-20-19(5,7-2)14-21(18)13-17-10-8-9-15(3)11-17/h8-11,16,18,20H,6-7,12-14H2,1-5H3. The molecule has 1 aromatic rings. The van der Waals surface area contributed by atoms with Crippen LogP contribution in [0.1, 0.15) is 51.7 Å². The first-order valence-corrected chi connectivity index (χ1v) is 8.52. The molecule has 2 nitrogen and oxygen atoms in total. The largest absolute Gasteiger partial charge is 0.309 e. The molecule has 1 saturated heterocycles. The molecule has 0 saturated carbocycles. The summed E-state index contributed by atoms with van der Waals surface area (Å²) in [5.41, 5.74) is 3.07. The molecule has 1 aromatic carbocycles. The first kappa shape index (κ1) is 16.5. The summed E-state index contributed by atoms with van der Waals surface area (Å²) in [6.45, 7) is 14.9. The van der Waals surface area contributed by atoms with Crippen LogP contribution in [0.4, 0.5) is 0 Å². The van der Waals surface area contributed by atoms with Gasteiger partial charge in [-0.2, -0.15) is 0 Å². The quantitative estimate of drug-likeness (QED) is 0.881. The Hall–Kier alpha value is -0.860. The normalized spacial score (nSPS) is 28.5. The summed E-state index contributed by atoms with van der Waals surface area (Å²) in [5, 5.41) is 3.80. The first-order valence-electron chi connectivity index (χ1n) is 8.52. The van der Waals surface area contributed by atoms with Gasteiger partial charge in [-0.3, -0.25) is 4.90 Å². The summed E-state index contributed by atoms with van der Waals surface area (Å²) < 4.78 is 0. The second-order valence-electron chi connectivity index (χ2n) is 7.14. The zero-order chi connectivity index (χ0) is 15.5. The monoisotopic (exact) mass is 288 g/mol. The van der Waals surface area contributed by atoms with E-state index in [1.54, 1.807) is 0 Å². The van der Waals surface area contributed by atoms with E-state index in [-0.39, 0.29) is 5.54 Å². The molecular formula is C19H32N2. The molecule has 118 valence electrons. The lowest BCUT2D eigenvalue weighted by molar-refractivity contribution is 0.0487.